The minimum atomic E-state index is -0.433. The number of hydrogen-bond acceptors (Lipinski definition) is 2. The summed E-state index contributed by atoms with van der Waals surface area (Å²) in [6, 6.07) is 5.83. The average Bonchev–Trinajstić information content (AvgIpc) is 2.17. The number of amides is 1. The van der Waals surface area contributed by atoms with Gasteiger partial charge in [-0.05, 0) is 12.1 Å². The predicted octanol–water partition coefficient (Wildman–Crippen LogP) is 1.84. The third-order valence-corrected chi connectivity index (χ3v) is 2.65. The Balaban J connectivity index is 2.35. The lowest BCUT2D eigenvalue weighted by atomic mass is 10.3. The number of hydrogen-bond donors (Lipinski definition) is 1. The molecule has 0 spiro atoms. The monoisotopic (exact) mass is 275 g/mol. The quantitative estimate of drug-likeness (QED) is 0.834. The van der Waals surface area contributed by atoms with Gasteiger partial charge in [-0.3, -0.25) is 4.79 Å². The summed E-state index contributed by atoms with van der Waals surface area (Å²) in [6.07, 6.45) is 0.450. The van der Waals surface area contributed by atoms with Crippen molar-refractivity contribution in [1.29, 1.82) is 0 Å². The molecule has 0 aliphatic rings. The summed E-state index contributed by atoms with van der Waals surface area (Å²) in [7, 11) is 0. The van der Waals surface area contributed by atoms with Crippen LogP contribution in [-0.2, 0) is 4.79 Å². The summed E-state index contributed by atoms with van der Waals surface area (Å²) in [4.78, 5) is 10.2. The minimum absolute atomic E-state index is 0.308. The van der Waals surface area contributed by atoms with Gasteiger partial charge in [0, 0.05) is 12.5 Å². The smallest absolute Gasteiger partial charge is 0.231 e. The molecule has 0 bridgehead atoms. The van der Waals surface area contributed by atoms with Crippen molar-refractivity contribution < 1.29 is 13.9 Å². The lowest BCUT2D eigenvalue weighted by Gasteiger charge is -2.07. The van der Waals surface area contributed by atoms with Crippen molar-refractivity contribution in [3.63, 3.8) is 0 Å². The molecule has 1 rings (SSSR count). The number of nitrogens with two attached hydrogens (primary N) is 1. The summed E-state index contributed by atoms with van der Waals surface area (Å²) in [6.45, 7) is 0.308. The topological polar surface area (TPSA) is 52.3 Å². The van der Waals surface area contributed by atoms with Crippen LogP contribution >= 0.6 is 15.9 Å². The SMILES string of the molecule is NC(=O)C(Br)CCOc1cccc(F)c1. The maximum Gasteiger partial charge on any atom is 0.231 e. The fraction of sp³-hybridized carbons (Fsp3) is 0.300. The molecule has 0 saturated carbocycles. The zero-order valence-corrected chi connectivity index (χ0v) is 9.54. The van der Waals surface area contributed by atoms with Crippen molar-refractivity contribution in [3.8, 4) is 5.75 Å². The molecule has 1 unspecified atom stereocenters. The van der Waals surface area contributed by atoms with E-state index in [9.17, 15) is 9.18 Å². The van der Waals surface area contributed by atoms with Crippen LogP contribution in [0.5, 0.6) is 5.75 Å². The fourth-order valence-corrected chi connectivity index (χ4v) is 1.17. The van der Waals surface area contributed by atoms with E-state index in [2.05, 4.69) is 15.9 Å². The molecule has 3 nitrogen and oxygen atoms in total. The molecule has 2 N–H and O–H groups in total. The Kier molecular flexibility index (Phi) is 4.55. The van der Waals surface area contributed by atoms with E-state index in [-0.39, 0.29) is 5.82 Å². The molecule has 1 atom stereocenters. The van der Waals surface area contributed by atoms with Gasteiger partial charge in [-0.25, -0.2) is 4.39 Å². The molecule has 0 fully saturated rings. The first kappa shape index (κ1) is 12.0. The number of alkyl halides is 1. The molecule has 0 radical (unpaired) electrons. The Bertz CT molecular complexity index is 346. The number of primary amides is 1. The second kappa shape index (κ2) is 5.70. The maximum atomic E-state index is 12.7. The Morgan fingerprint density at radius 3 is 2.93 bits per heavy atom. The molecule has 82 valence electrons. The van der Waals surface area contributed by atoms with Crippen molar-refractivity contribution in [1.82, 2.24) is 0 Å². The van der Waals surface area contributed by atoms with Crippen LogP contribution in [0.4, 0.5) is 4.39 Å². The van der Waals surface area contributed by atoms with Gasteiger partial charge >= 0.3 is 0 Å². The van der Waals surface area contributed by atoms with E-state index in [1.165, 1.54) is 12.1 Å². The summed E-state index contributed by atoms with van der Waals surface area (Å²) < 4.78 is 17.9. The van der Waals surface area contributed by atoms with Crippen LogP contribution in [-0.4, -0.2) is 17.3 Å². The first-order valence-electron chi connectivity index (χ1n) is 4.41. The first-order chi connectivity index (χ1) is 7.09. The molecule has 0 aliphatic carbocycles. The molecular formula is C10H11BrFNO2. The Labute approximate surface area is 95.5 Å². The second-order valence-electron chi connectivity index (χ2n) is 2.96. The van der Waals surface area contributed by atoms with Crippen molar-refractivity contribution >= 4 is 21.8 Å². The van der Waals surface area contributed by atoms with Gasteiger partial charge in [0.2, 0.25) is 5.91 Å². The predicted molar refractivity (Wildman–Crippen MR) is 58.4 cm³/mol. The average molecular weight is 276 g/mol. The van der Waals surface area contributed by atoms with E-state index in [1.54, 1.807) is 12.1 Å². The Hall–Kier alpha value is -1.10. The van der Waals surface area contributed by atoms with Crippen LogP contribution in [0.3, 0.4) is 0 Å². The molecular weight excluding hydrogens is 265 g/mol. The number of carbonyl (C=O) groups is 1. The number of benzene rings is 1. The zero-order chi connectivity index (χ0) is 11.3. The molecule has 0 saturated heterocycles. The molecule has 0 heterocycles. The normalized spacial score (nSPS) is 12.1. The maximum absolute atomic E-state index is 12.7. The third kappa shape index (κ3) is 4.29. The van der Waals surface area contributed by atoms with Gasteiger partial charge in [0.15, 0.2) is 0 Å². The van der Waals surface area contributed by atoms with Gasteiger partial charge in [-0.1, -0.05) is 22.0 Å². The Morgan fingerprint density at radius 2 is 2.33 bits per heavy atom. The number of carbonyl (C=O) groups excluding carboxylic acids is 1. The van der Waals surface area contributed by atoms with Crippen LogP contribution in [0.15, 0.2) is 24.3 Å². The Morgan fingerprint density at radius 1 is 1.60 bits per heavy atom. The molecule has 1 amide bonds. The summed E-state index contributed by atoms with van der Waals surface area (Å²) in [5, 5.41) is 0. The lowest BCUT2D eigenvalue weighted by Crippen LogP contribution is -2.24. The highest BCUT2D eigenvalue weighted by Gasteiger charge is 2.10. The highest BCUT2D eigenvalue weighted by molar-refractivity contribution is 9.10. The van der Waals surface area contributed by atoms with Gasteiger partial charge in [-0.15, -0.1) is 0 Å². The summed E-state index contributed by atoms with van der Waals surface area (Å²) >= 11 is 3.10. The van der Waals surface area contributed by atoms with E-state index in [0.717, 1.165) is 0 Å². The highest BCUT2D eigenvalue weighted by Crippen LogP contribution is 2.13. The van der Waals surface area contributed by atoms with Crippen LogP contribution < -0.4 is 10.5 Å². The molecule has 1 aromatic carbocycles. The van der Waals surface area contributed by atoms with E-state index in [1.807, 2.05) is 0 Å². The van der Waals surface area contributed by atoms with Crippen LogP contribution in [0.25, 0.3) is 0 Å². The number of ether oxygens (including phenoxy) is 1. The van der Waals surface area contributed by atoms with Crippen LogP contribution in [0, 0.1) is 5.82 Å². The number of halogens is 2. The van der Waals surface area contributed by atoms with Crippen molar-refractivity contribution in [2.75, 3.05) is 6.61 Å². The van der Waals surface area contributed by atoms with Gasteiger partial charge in [0.25, 0.3) is 0 Å². The summed E-state index contributed by atoms with van der Waals surface area (Å²) in [5.41, 5.74) is 5.04. The second-order valence-corrected chi connectivity index (χ2v) is 4.07. The molecule has 0 aromatic heterocycles. The van der Waals surface area contributed by atoms with Crippen molar-refractivity contribution in [2.45, 2.75) is 11.2 Å². The largest absolute Gasteiger partial charge is 0.493 e. The third-order valence-electron chi connectivity index (χ3n) is 1.74. The lowest BCUT2D eigenvalue weighted by molar-refractivity contribution is -0.117. The highest BCUT2D eigenvalue weighted by atomic mass is 79.9. The standard InChI is InChI=1S/C10H11BrFNO2/c11-9(10(13)14)4-5-15-8-3-1-2-7(12)6-8/h1-3,6,9H,4-5H2,(H2,13,14). The molecule has 5 heteroatoms. The van der Waals surface area contributed by atoms with Crippen molar-refractivity contribution in [2.24, 2.45) is 5.73 Å². The van der Waals surface area contributed by atoms with E-state index >= 15 is 0 Å². The first-order valence-corrected chi connectivity index (χ1v) is 5.33. The molecule has 15 heavy (non-hydrogen) atoms. The molecule has 1 aromatic rings. The minimum Gasteiger partial charge on any atom is -0.493 e. The van der Waals surface area contributed by atoms with E-state index in [0.29, 0.717) is 18.8 Å². The molecule has 0 aliphatic heterocycles. The summed E-state index contributed by atoms with van der Waals surface area (Å²) in [5.74, 6) is -0.338. The van der Waals surface area contributed by atoms with Gasteiger partial charge in [0.05, 0.1) is 11.4 Å². The fourth-order valence-electron chi connectivity index (χ4n) is 0.979. The van der Waals surface area contributed by atoms with Crippen molar-refractivity contribution in [3.05, 3.63) is 30.1 Å². The van der Waals surface area contributed by atoms with Crippen LogP contribution in [0.2, 0.25) is 0 Å². The van der Waals surface area contributed by atoms with E-state index in [4.69, 9.17) is 10.5 Å². The number of rotatable bonds is 5. The zero-order valence-electron chi connectivity index (χ0n) is 7.95. The van der Waals surface area contributed by atoms with Crippen LogP contribution in [0.1, 0.15) is 6.42 Å². The van der Waals surface area contributed by atoms with Gasteiger partial charge < -0.3 is 10.5 Å². The van der Waals surface area contributed by atoms with Gasteiger partial charge in [-0.2, -0.15) is 0 Å². The van der Waals surface area contributed by atoms with Gasteiger partial charge in [0.1, 0.15) is 11.6 Å². The van der Waals surface area contributed by atoms with E-state index < -0.39 is 10.7 Å².